The van der Waals surface area contributed by atoms with Crippen LogP contribution in [0.1, 0.15) is 16.1 Å². The van der Waals surface area contributed by atoms with Crippen molar-refractivity contribution in [1.29, 1.82) is 0 Å². The average Bonchev–Trinajstić information content (AvgIpc) is 2.75. The van der Waals surface area contributed by atoms with Gasteiger partial charge in [-0.1, -0.05) is 11.6 Å². The third-order valence-corrected chi connectivity index (χ3v) is 2.79. The molecule has 0 saturated carbocycles. The van der Waals surface area contributed by atoms with E-state index < -0.39 is 5.97 Å². The number of fused-ring (bicyclic) bond motifs is 2. The van der Waals surface area contributed by atoms with Gasteiger partial charge < -0.3 is 5.11 Å². The fourth-order valence-corrected chi connectivity index (χ4v) is 1.91. The van der Waals surface area contributed by atoms with Crippen LogP contribution < -0.4 is 5.56 Å². The van der Waals surface area contributed by atoms with E-state index in [9.17, 15) is 9.59 Å². The molecule has 0 aliphatic rings. The van der Waals surface area contributed by atoms with Crippen molar-refractivity contribution < 1.29 is 9.90 Å². The van der Waals surface area contributed by atoms with Gasteiger partial charge in [-0.25, -0.2) is 14.3 Å². The van der Waals surface area contributed by atoms with E-state index in [1.54, 1.807) is 12.1 Å². The molecule has 0 spiro atoms. The van der Waals surface area contributed by atoms with Crippen molar-refractivity contribution in [3.05, 3.63) is 45.9 Å². The van der Waals surface area contributed by atoms with Crippen LogP contribution in [0.4, 0.5) is 0 Å². The summed E-state index contributed by atoms with van der Waals surface area (Å²) in [4.78, 5) is 27.3. The summed E-state index contributed by atoms with van der Waals surface area (Å²) >= 11 is 0. The summed E-state index contributed by atoms with van der Waals surface area (Å²) in [6.45, 7) is 1.88. The molecule has 2 N–H and O–H groups in total. The number of benzene rings is 1. The van der Waals surface area contributed by atoms with Gasteiger partial charge in [-0.05, 0) is 19.1 Å². The molecule has 0 aliphatic heterocycles. The third-order valence-electron chi connectivity index (χ3n) is 2.79. The predicted octanol–water partition coefficient (Wildman–Crippen LogP) is 1.18. The number of carboxylic acid groups (broad SMARTS) is 1. The van der Waals surface area contributed by atoms with Crippen LogP contribution in [0.3, 0.4) is 0 Å². The summed E-state index contributed by atoms with van der Waals surface area (Å²) in [7, 11) is 0. The first-order valence-corrected chi connectivity index (χ1v) is 5.32. The smallest absolute Gasteiger partial charge is 0.353 e. The van der Waals surface area contributed by atoms with Crippen LogP contribution in [0, 0.1) is 6.92 Å². The van der Waals surface area contributed by atoms with Crippen LogP contribution in [-0.2, 0) is 0 Å². The van der Waals surface area contributed by atoms with Crippen molar-refractivity contribution in [2.75, 3.05) is 0 Å². The first-order chi connectivity index (χ1) is 8.56. The first-order valence-electron chi connectivity index (χ1n) is 5.32. The zero-order valence-corrected chi connectivity index (χ0v) is 9.47. The minimum Gasteiger partial charge on any atom is -0.477 e. The fraction of sp³-hybridized carbons (Fsp3) is 0.0833. The van der Waals surface area contributed by atoms with Gasteiger partial charge in [0.1, 0.15) is 5.69 Å². The molecule has 6 heteroatoms. The number of aromatic nitrogens is 3. The van der Waals surface area contributed by atoms with E-state index in [1.807, 2.05) is 13.0 Å². The summed E-state index contributed by atoms with van der Waals surface area (Å²) in [5.74, 6) is -1.12. The average molecular weight is 243 g/mol. The van der Waals surface area contributed by atoms with E-state index in [1.165, 1.54) is 6.07 Å². The Morgan fingerprint density at radius 2 is 2.17 bits per heavy atom. The number of carbonyl (C=O) groups is 1. The zero-order chi connectivity index (χ0) is 12.9. The highest BCUT2D eigenvalue weighted by atomic mass is 16.4. The maximum absolute atomic E-state index is 12.2. The van der Waals surface area contributed by atoms with Crippen molar-refractivity contribution >= 4 is 22.5 Å². The van der Waals surface area contributed by atoms with Gasteiger partial charge in [0, 0.05) is 6.07 Å². The molecule has 1 aromatic carbocycles. The Bertz CT molecular complexity index is 845. The standard InChI is InChI=1S/C12H9N3O3/c1-6-2-3-8-7(4-6)11(16)15-10(13-8)5-9(14-15)12(17)18/h2-5,14H,1H3,(H,17,18). The fourth-order valence-electron chi connectivity index (χ4n) is 1.91. The number of aryl methyl sites for hydroxylation is 1. The second-order valence-electron chi connectivity index (χ2n) is 4.11. The van der Waals surface area contributed by atoms with Crippen LogP contribution >= 0.6 is 0 Å². The molecule has 0 unspecified atom stereocenters. The zero-order valence-electron chi connectivity index (χ0n) is 9.47. The molecular formula is C12H9N3O3. The van der Waals surface area contributed by atoms with Crippen molar-refractivity contribution in [2.24, 2.45) is 0 Å². The molecule has 18 heavy (non-hydrogen) atoms. The SMILES string of the molecule is Cc1ccc2nc3cc(C(=O)O)[nH]n3c(=O)c2c1. The molecule has 0 amide bonds. The molecular weight excluding hydrogens is 234 g/mol. The van der Waals surface area contributed by atoms with Crippen LogP contribution in [0.25, 0.3) is 16.6 Å². The normalized spacial score (nSPS) is 11.2. The molecule has 0 atom stereocenters. The van der Waals surface area contributed by atoms with E-state index in [4.69, 9.17) is 5.11 Å². The highest BCUT2D eigenvalue weighted by Gasteiger charge is 2.12. The number of nitrogens with zero attached hydrogens (tertiary/aromatic N) is 2. The topological polar surface area (TPSA) is 87.5 Å². The van der Waals surface area contributed by atoms with Crippen molar-refractivity contribution in [1.82, 2.24) is 14.6 Å². The van der Waals surface area contributed by atoms with E-state index in [-0.39, 0.29) is 11.3 Å². The Hall–Kier alpha value is -2.63. The van der Waals surface area contributed by atoms with Gasteiger partial charge in [0.05, 0.1) is 10.9 Å². The maximum atomic E-state index is 12.2. The number of rotatable bonds is 1. The van der Waals surface area contributed by atoms with Gasteiger partial charge in [-0.2, -0.15) is 0 Å². The monoisotopic (exact) mass is 243 g/mol. The van der Waals surface area contributed by atoms with Crippen molar-refractivity contribution in [2.45, 2.75) is 6.92 Å². The van der Waals surface area contributed by atoms with Gasteiger partial charge in [-0.3, -0.25) is 9.89 Å². The van der Waals surface area contributed by atoms with Gasteiger partial charge in [0.15, 0.2) is 5.65 Å². The number of nitrogens with one attached hydrogen (secondary N) is 1. The van der Waals surface area contributed by atoms with Crippen LogP contribution in [0.2, 0.25) is 0 Å². The molecule has 2 heterocycles. The van der Waals surface area contributed by atoms with Crippen molar-refractivity contribution in [3.63, 3.8) is 0 Å². The van der Waals surface area contributed by atoms with E-state index in [2.05, 4.69) is 10.1 Å². The van der Waals surface area contributed by atoms with Gasteiger partial charge >= 0.3 is 5.97 Å². The summed E-state index contributed by atoms with van der Waals surface area (Å²) < 4.78 is 1.14. The summed E-state index contributed by atoms with van der Waals surface area (Å²) in [5, 5.41) is 11.9. The van der Waals surface area contributed by atoms with E-state index in [0.717, 1.165) is 10.1 Å². The van der Waals surface area contributed by atoms with Crippen LogP contribution in [0.15, 0.2) is 29.1 Å². The molecule has 0 aliphatic carbocycles. The third kappa shape index (κ3) is 1.39. The van der Waals surface area contributed by atoms with Gasteiger partial charge in [0.25, 0.3) is 5.56 Å². The minimum absolute atomic E-state index is 0.0633. The lowest BCUT2D eigenvalue weighted by molar-refractivity contribution is 0.0690. The predicted molar refractivity (Wildman–Crippen MR) is 65.0 cm³/mol. The quantitative estimate of drug-likeness (QED) is 0.671. The molecule has 2 aromatic heterocycles. The molecule has 3 rings (SSSR count). The second-order valence-corrected chi connectivity index (χ2v) is 4.11. The number of aromatic carboxylic acids is 1. The number of H-pyrrole nitrogens is 1. The molecule has 0 radical (unpaired) electrons. The number of hydrogen-bond donors (Lipinski definition) is 2. The van der Waals surface area contributed by atoms with Gasteiger partial charge in [0.2, 0.25) is 0 Å². The number of aromatic amines is 1. The molecule has 3 aromatic rings. The Labute approximate surface area is 100 Å². The molecule has 0 fully saturated rings. The summed E-state index contributed by atoms with van der Waals surface area (Å²) in [6, 6.07) is 6.68. The lowest BCUT2D eigenvalue weighted by atomic mass is 10.2. The first kappa shape index (κ1) is 10.5. The highest BCUT2D eigenvalue weighted by Crippen LogP contribution is 2.12. The Kier molecular flexibility index (Phi) is 2.00. The number of carboxylic acids is 1. The Balaban J connectivity index is 2.49. The highest BCUT2D eigenvalue weighted by molar-refractivity contribution is 5.87. The summed E-state index contributed by atoms with van der Waals surface area (Å²) in [5.41, 5.74) is 1.44. The lowest BCUT2D eigenvalue weighted by Crippen LogP contribution is -2.15. The summed E-state index contributed by atoms with van der Waals surface area (Å²) in [6.07, 6.45) is 0. The largest absolute Gasteiger partial charge is 0.477 e. The van der Waals surface area contributed by atoms with Gasteiger partial charge in [-0.15, -0.1) is 0 Å². The van der Waals surface area contributed by atoms with Crippen LogP contribution in [0.5, 0.6) is 0 Å². The minimum atomic E-state index is -1.12. The second kappa shape index (κ2) is 3.43. The van der Waals surface area contributed by atoms with Crippen molar-refractivity contribution in [3.8, 4) is 0 Å². The molecule has 0 bridgehead atoms. The lowest BCUT2D eigenvalue weighted by Gasteiger charge is -1.99. The van der Waals surface area contributed by atoms with E-state index in [0.29, 0.717) is 16.6 Å². The Morgan fingerprint density at radius 3 is 2.89 bits per heavy atom. The van der Waals surface area contributed by atoms with Crippen LogP contribution in [-0.4, -0.2) is 25.7 Å². The maximum Gasteiger partial charge on any atom is 0.353 e. The molecule has 6 nitrogen and oxygen atoms in total. The van der Waals surface area contributed by atoms with E-state index >= 15 is 0 Å². The molecule has 90 valence electrons. The Morgan fingerprint density at radius 1 is 1.39 bits per heavy atom. The number of hydrogen-bond acceptors (Lipinski definition) is 3. The molecule has 0 saturated heterocycles.